The van der Waals surface area contributed by atoms with E-state index in [2.05, 4.69) is 0 Å². The van der Waals surface area contributed by atoms with Gasteiger partial charge in [-0.3, -0.25) is 0 Å². The maximum Gasteiger partial charge on any atom is 0.184 e. The number of nitrogens with two attached hydrogens (primary N) is 1. The van der Waals surface area contributed by atoms with Gasteiger partial charge in [-0.1, -0.05) is 23.2 Å². The fourth-order valence-electron chi connectivity index (χ4n) is 0.622. The molecule has 0 saturated carbocycles. The highest BCUT2D eigenvalue weighted by atomic mass is 35.5. The molecule has 2 N–H and O–H groups in total. The molecule has 0 radical (unpaired) electrons. The molecule has 0 aromatic heterocycles. The van der Waals surface area contributed by atoms with Gasteiger partial charge in [0.1, 0.15) is 10.0 Å². The largest absolute Gasteiger partial charge is 0.395 e. The molecule has 1 aromatic carbocycles. The van der Waals surface area contributed by atoms with Crippen molar-refractivity contribution >= 4 is 28.9 Å². The number of hydrogen-bond acceptors (Lipinski definition) is 1. The zero-order valence-electron chi connectivity index (χ0n) is 5.47. The van der Waals surface area contributed by atoms with Crippen molar-refractivity contribution in [1.82, 2.24) is 0 Å². The van der Waals surface area contributed by atoms with E-state index in [-0.39, 0.29) is 0 Å². The summed E-state index contributed by atoms with van der Waals surface area (Å²) < 4.78 is 37.8. The molecule has 0 unspecified atom stereocenters. The Morgan fingerprint density at radius 3 is 1.83 bits per heavy atom. The van der Waals surface area contributed by atoms with Crippen LogP contribution in [0.25, 0.3) is 0 Å². The van der Waals surface area contributed by atoms with E-state index in [9.17, 15) is 13.2 Å². The fourth-order valence-corrected chi connectivity index (χ4v) is 1.03. The normalized spacial score (nSPS) is 10.4. The van der Waals surface area contributed by atoms with Crippen LogP contribution in [-0.2, 0) is 0 Å². The van der Waals surface area contributed by atoms with Crippen LogP contribution in [0, 0.1) is 17.5 Å². The average Bonchev–Trinajstić information content (AvgIpc) is 2.08. The second-order valence-electron chi connectivity index (χ2n) is 1.98. The van der Waals surface area contributed by atoms with Crippen molar-refractivity contribution in [3.8, 4) is 0 Å². The SMILES string of the molecule is Nc1c(F)c(F)c(Cl)c(F)c1Cl. The molecule has 0 fully saturated rings. The standard InChI is InChI=1S/C6H2Cl2F3N/c7-1-3(9)2(8)6(12)5(11)4(1)10/h12H2. The van der Waals surface area contributed by atoms with Crippen molar-refractivity contribution in [2.24, 2.45) is 0 Å². The van der Waals surface area contributed by atoms with E-state index in [1.165, 1.54) is 0 Å². The molecule has 0 aliphatic rings. The van der Waals surface area contributed by atoms with E-state index >= 15 is 0 Å². The van der Waals surface area contributed by atoms with Gasteiger partial charge in [-0.05, 0) is 0 Å². The zero-order valence-corrected chi connectivity index (χ0v) is 6.98. The maximum atomic E-state index is 12.7. The predicted molar refractivity (Wildman–Crippen MR) is 40.7 cm³/mol. The molecule has 1 rings (SSSR count). The summed E-state index contributed by atoms with van der Waals surface area (Å²) >= 11 is 10.2. The lowest BCUT2D eigenvalue weighted by molar-refractivity contribution is 0.499. The van der Waals surface area contributed by atoms with E-state index in [4.69, 9.17) is 28.9 Å². The Hall–Kier alpha value is -0.610. The first-order chi connectivity index (χ1) is 5.46. The highest BCUT2D eigenvalue weighted by Crippen LogP contribution is 2.33. The number of hydrogen-bond donors (Lipinski definition) is 1. The zero-order chi connectivity index (χ0) is 9.46. The molecule has 1 nitrogen and oxygen atoms in total. The first-order valence-electron chi connectivity index (χ1n) is 2.73. The van der Waals surface area contributed by atoms with Gasteiger partial charge in [0.15, 0.2) is 17.5 Å². The van der Waals surface area contributed by atoms with Crippen LogP contribution < -0.4 is 5.73 Å². The van der Waals surface area contributed by atoms with E-state index in [1.807, 2.05) is 0 Å². The molecule has 0 heterocycles. The fraction of sp³-hybridized carbons (Fsp3) is 0. The highest BCUT2D eigenvalue weighted by Gasteiger charge is 2.20. The Bertz CT molecular complexity index is 235. The molecule has 6 heteroatoms. The van der Waals surface area contributed by atoms with Crippen LogP contribution >= 0.6 is 23.2 Å². The molecule has 12 heavy (non-hydrogen) atoms. The molecule has 0 spiro atoms. The summed E-state index contributed by atoms with van der Waals surface area (Å²) in [6.07, 6.45) is 0. The number of nitrogen functional groups attached to an aromatic ring is 1. The Morgan fingerprint density at radius 2 is 1.33 bits per heavy atom. The van der Waals surface area contributed by atoms with Gasteiger partial charge in [-0.15, -0.1) is 0 Å². The minimum atomic E-state index is -1.53. The van der Waals surface area contributed by atoms with Gasteiger partial charge >= 0.3 is 0 Å². The van der Waals surface area contributed by atoms with E-state index in [1.54, 1.807) is 0 Å². The molecule has 0 aliphatic carbocycles. The third-order valence-corrected chi connectivity index (χ3v) is 1.95. The lowest BCUT2D eigenvalue weighted by atomic mass is 10.3. The van der Waals surface area contributed by atoms with Crippen molar-refractivity contribution < 1.29 is 13.2 Å². The minimum absolute atomic E-state index is 0.709. The van der Waals surface area contributed by atoms with Crippen molar-refractivity contribution in [3.05, 3.63) is 27.5 Å². The quantitative estimate of drug-likeness (QED) is 0.402. The Labute approximate surface area is 75.9 Å². The number of halogens is 5. The van der Waals surface area contributed by atoms with E-state index in [0.29, 0.717) is 0 Å². The van der Waals surface area contributed by atoms with Crippen LogP contribution in [0.15, 0.2) is 0 Å². The van der Waals surface area contributed by atoms with Gasteiger partial charge in [-0.2, -0.15) is 0 Å². The second-order valence-corrected chi connectivity index (χ2v) is 2.74. The van der Waals surface area contributed by atoms with Gasteiger partial charge < -0.3 is 5.73 Å². The van der Waals surface area contributed by atoms with Crippen LogP contribution in [0.1, 0.15) is 0 Å². The van der Waals surface area contributed by atoms with Gasteiger partial charge in [-0.25, -0.2) is 13.2 Å². The number of rotatable bonds is 0. The molecular formula is C6H2Cl2F3N. The van der Waals surface area contributed by atoms with Crippen LogP contribution in [0.2, 0.25) is 10.0 Å². The lowest BCUT2D eigenvalue weighted by Crippen LogP contribution is -1.99. The minimum Gasteiger partial charge on any atom is -0.395 e. The summed E-state index contributed by atoms with van der Waals surface area (Å²) in [6.45, 7) is 0. The van der Waals surface area contributed by atoms with Crippen LogP contribution in [0.5, 0.6) is 0 Å². The third kappa shape index (κ3) is 1.21. The smallest absolute Gasteiger partial charge is 0.184 e. The van der Waals surface area contributed by atoms with Gasteiger partial charge in [0.2, 0.25) is 0 Å². The van der Waals surface area contributed by atoms with Crippen molar-refractivity contribution in [2.45, 2.75) is 0 Å². The first-order valence-corrected chi connectivity index (χ1v) is 3.49. The summed E-state index contributed by atoms with van der Waals surface area (Å²) in [5.41, 5.74) is 4.13. The topological polar surface area (TPSA) is 26.0 Å². The molecule has 0 bridgehead atoms. The molecule has 0 amide bonds. The third-order valence-electron chi connectivity index (χ3n) is 1.24. The van der Waals surface area contributed by atoms with Gasteiger partial charge in [0.25, 0.3) is 0 Å². The molecular weight excluding hydrogens is 214 g/mol. The number of benzene rings is 1. The summed E-state index contributed by atoms with van der Waals surface area (Å²) in [7, 11) is 0. The van der Waals surface area contributed by atoms with Gasteiger partial charge in [0.05, 0.1) is 5.69 Å². The molecule has 66 valence electrons. The summed E-state index contributed by atoms with van der Waals surface area (Å²) in [4.78, 5) is 0. The summed E-state index contributed by atoms with van der Waals surface area (Å²) in [6, 6.07) is 0. The molecule has 0 atom stereocenters. The van der Waals surface area contributed by atoms with Crippen LogP contribution in [0.3, 0.4) is 0 Å². The summed E-state index contributed by atoms with van der Waals surface area (Å²) in [5, 5.41) is -1.70. The highest BCUT2D eigenvalue weighted by molar-refractivity contribution is 6.36. The maximum absolute atomic E-state index is 12.7. The second kappa shape index (κ2) is 3.03. The molecule has 1 aromatic rings. The van der Waals surface area contributed by atoms with Crippen molar-refractivity contribution in [3.63, 3.8) is 0 Å². The monoisotopic (exact) mass is 215 g/mol. The van der Waals surface area contributed by atoms with Crippen molar-refractivity contribution in [2.75, 3.05) is 5.73 Å². The van der Waals surface area contributed by atoms with Gasteiger partial charge in [0, 0.05) is 0 Å². The van der Waals surface area contributed by atoms with E-state index < -0.39 is 33.2 Å². The Morgan fingerprint density at radius 1 is 0.833 bits per heavy atom. The molecule has 0 saturated heterocycles. The van der Waals surface area contributed by atoms with Crippen molar-refractivity contribution in [1.29, 1.82) is 0 Å². The average molecular weight is 216 g/mol. The molecule has 0 aliphatic heterocycles. The Balaban J connectivity index is 3.60. The number of anilines is 1. The first kappa shape index (κ1) is 9.48. The predicted octanol–water partition coefficient (Wildman–Crippen LogP) is 2.99. The van der Waals surface area contributed by atoms with Crippen LogP contribution in [0.4, 0.5) is 18.9 Å². The van der Waals surface area contributed by atoms with E-state index in [0.717, 1.165) is 0 Å². The lowest BCUT2D eigenvalue weighted by Gasteiger charge is -2.04. The summed E-state index contributed by atoms with van der Waals surface area (Å²) in [5.74, 6) is -4.22. The van der Waals surface area contributed by atoms with Crippen LogP contribution in [-0.4, -0.2) is 0 Å². The Kier molecular flexibility index (Phi) is 2.39.